The molecule has 0 unspecified atom stereocenters. The molecule has 2 rings (SSSR count). The van der Waals surface area contributed by atoms with Crippen LogP contribution in [0.4, 0.5) is 0 Å². The fourth-order valence-corrected chi connectivity index (χ4v) is 1.87. The van der Waals surface area contributed by atoms with E-state index in [1.807, 2.05) is 12.1 Å². The first-order chi connectivity index (χ1) is 10.3. The molecular weight excluding hydrogens is 266 g/mol. The van der Waals surface area contributed by atoms with Crippen LogP contribution in [0.1, 0.15) is 35.9 Å². The van der Waals surface area contributed by atoms with Crippen molar-refractivity contribution in [1.29, 1.82) is 0 Å². The molecule has 5 heteroatoms. The Hall–Kier alpha value is -2.30. The second kappa shape index (κ2) is 8.09. The van der Waals surface area contributed by atoms with Crippen molar-refractivity contribution in [2.45, 2.75) is 26.2 Å². The number of aromatic amines is 1. The number of carbonyl (C=O) groups excluding carboxylic acids is 1. The summed E-state index contributed by atoms with van der Waals surface area (Å²) in [5.41, 5.74) is 0.636. The second-order valence-electron chi connectivity index (χ2n) is 4.77. The molecule has 1 amide bonds. The first-order valence-electron chi connectivity index (χ1n) is 7.29. The molecule has 5 nitrogen and oxygen atoms in total. The summed E-state index contributed by atoms with van der Waals surface area (Å²) in [5, 5.41) is 2.87. The topological polar surface area (TPSA) is 67.0 Å². The summed E-state index contributed by atoms with van der Waals surface area (Å²) in [4.78, 5) is 19.1. The Balaban J connectivity index is 1.76. The smallest absolute Gasteiger partial charge is 0.251 e. The Labute approximate surface area is 124 Å². The highest BCUT2D eigenvalue weighted by Gasteiger charge is 2.05. The van der Waals surface area contributed by atoms with Crippen LogP contribution in [0, 0.1) is 0 Å². The van der Waals surface area contributed by atoms with Crippen LogP contribution in [0.5, 0.6) is 5.75 Å². The zero-order valence-corrected chi connectivity index (χ0v) is 12.3. The van der Waals surface area contributed by atoms with Crippen molar-refractivity contribution < 1.29 is 9.53 Å². The summed E-state index contributed by atoms with van der Waals surface area (Å²) in [6.07, 6.45) is 6.31. The molecule has 1 aromatic heterocycles. The van der Waals surface area contributed by atoms with Gasteiger partial charge in [0.05, 0.1) is 6.61 Å². The molecule has 112 valence electrons. The summed E-state index contributed by atoms with van der Waals surface area (Å²) in [6, 6.07) is 7.22. The summed E-state index contributed by atoms with van der Waals surface area (Å²) in [7, 11) is 0. The predicted octanol–water partition coefficient (Wildman–Crippen LogP) is 2.56. The summed E-state index contributed by atoms with van der Waals surface area (Å²) in [5.74, 6) is 1.59. The van der Waals surface area contributed by atoms with Gasteiger partial charge in [0.25, 0.3) is 5.91 Å². The number of benzene rings is 1. The van der Waals surface area contributed by atoms with Crippen LogP contribution < -0.4 is 10.1 Å². The van der Waals surface area contributed by atoms with Crippen LogP contribution in [0.25, 0.3) is 0 Å². The third-order valence-corrected chi connectivity index (χ3v) is 3.09. The van der Waals surface area contributed by atoms with Crippen LogP contribution in [-0.4, -0.2) is 29.0 Å². The number of hydrogen-bond donors (Lipinski definition) is 2. The maximum absolute atomic E-state index is 12.0. The fraction of sp³-hybridized carbons (Fsp3) is 0.375. The number of nitrogens with zero attached hydrogens (tertiary/aromatic N) is 1. The lowest BCUT2D eigenvalue weighted by atomic mass is 10.2. The minimum absolute atomic E-state index is 0.0818. The monoisotopic (exact) mass is 287 g/mol. The molecule has 2 N–H and O–H groups in total. The lowest BCUT2D eigenvalue weighted by Crippen LogP contribution is -2.25. The molecule has 0 saturated carbocycles. The van der Waals surface area contributed by atoms with Crippen LogP contribution in [0.2, 0.25) is 0 Å². The lowest BCUT2D eigenvalue weighted by molar-refractivity contribution is 0.0954. The fourth-order valence-electron chi connectivity index (χ4n) is 1.87. The van der Waals surface area contributed by atoms with Gasteiger partial charge in [0, 0.05) is 30.9 Å². The van der Waals surface area contributed by atoms with Gasteiger partial charge in [-0.1, -0.05) is 13.3 Å². The largest absolute Gasteiger partial charge is 0.494 e. The highest BCUT2D eigenvalue weighted by molar-refractivity contribution is 5.94. The molecule has 0 spiro atoms. The number of unbranched alkanes of at least 4 members (excludes halogenated alkanes) is 1. The maximum Gasteiger partial charge on any atom is 0.251 e. The van der Waals surface area contributed by atoms with E-state index in [1.165, 1.54) is 0 Å². The Morgan fingerprint density at radius 1 is 1.33 bits per heavy atom. The molecule has 0 aliphatic heterocycles. The molecule has 1 aromatic carbocycles. The van der Waals surface area contributed by atoms with Crippen molar-refractivity contribution in [3.63, 3.8) is 0 Å². The number of carbonyl (C=O) groups is 1. The molecule has 1 heterocycles. The third-order valence-electron chi connectivity index (χ3n) is 3.09. The lowest BCUT2D eigenvalue weighted by Gasteiger charge is -2.07. The normalized spacial score (nSPS) is 10.3. The van der Waals surface area contributed by atoms with Crippen molar-refractivity contribution in [1.82, 2.24) is 15.3 Å². The van der Waals surface area contributed by atoms with Crippen LogP contribution in [0.3, 0.4) is 0 Å². The Morgan fingerprint density at radius 3 is 2.81 bits per heavy atom. The number of aromatic nitrogens is 2. The summed E-state index contributed by atoms with van der Waals surface area (Å²) >= 11 is 0. The van der Waals surface area contributed by atoms with E-state index >= 15 is 0 Å². The average molecular weight is 287 g/mol. The Kier molecular flexibility index (Phi) is 5.82. The van der Waals surface area contributed by atoms with Gasteiger partial charge in [-0.05, 0) is 30.7 Å². The number of amides is 1. The van der Waals surface area contributed by atoms with Gasteiger partial charge in [-0.2, -0.15) is 0 Å². The standard InChI is InChI=1S/C16H21N3O2/c1-2-3-12-21-14-6-4-13(5-7-14)16(20)19-9-8-15-17-10-11-18-15/h4-7,10-11H,2-3,8-9,12H2,1H3,(H,17,18)(H,19,20). The van der Waals surface area contributed by atoms with E-state index < -0.39 is 0 Å². The van der Waals surface area contributed by atoms with E-state index in [0.717, 1.165) is 24.4 Å². The molecule has 2 aromatic rings. The van der Waals surface area contributed by atoms with Crippen LogP contribution >= 0.6 is 0 Å². The molecular formula is C16H21N3O2. The summed E-state index contributed by atoms with van der Waals surface area (Å²) in [6.45, 7) is 3.39. The quantitative estimate of drug-likeness (QED) is 0.733. The van der Waals surface area contributed by atoms with E-state index in [9.17, 15) is 4.79 Å². The molecule has 21 heavy (non-hydrogen) atoms. The van der Waals surface area contributed by atoms with E-state index in [4.69, 9.17) is 4.74 Å². The number of ether oxygens (including phenoxy) is 1. The zero-order valence-electron chi connectivity index (χ0n) is 12.3. The molecule has 0 radical (unpaired) electrons. The molecule has 0 aliphatic carbocycles. The molecule has 0 atom stereocenters. The molecule has 0 bridgehead atoms. The van der Waals surface area contributed by atoms with E-state index in [0.29, 0.717) is 25.1 Å². The van der Waals surface area contributed by atoms with Crippen molar-refractivity contribution >= 4 is 5.91 Å². The van der Waals surface area contributed by atoms with Gasteiger partial charge in [-0.25, -0.2) is 4.98 Å². The van der Waals surface area contributed by atoms with Crippen molar-refractivity contribution in [3.8, 4) is 5.75 Å². The first-order valence-corrected chi connectivity index (χ1v) is 7.29. The molecule has 0 saturated heterocycles. The Morgan fingerprint density at radius 2 is 2.14 bits per heavy atom. The van der Waals surface area contributed by atoms with Gasteiger partial charge < -0.3 is 15.0 Å². The average Bonchev–Trinajstić information content (AvgIpc) is 3.01. The van der Waals surface area contributed by atoms with Crippen molar-refractivity contribution in [2.75, 3.05) is 13.2 Å². The van der Waals surface area contributed by atoms with Gasteiger partial charge in [0.2, 0.25) is 0 Å². The van der Waals surface area contributed by atoms with Crippen molar-refractivity contribution in [3.05, 3.63) is 48.0 Å². The number of rotatable bonds is 8. The zero-order chi connectivity index (χ0) is 14.9. The molecule has 0 fully saturated rings. The van der Waals surface area contributed by atoms with E-state index in [-0.39, 0.29) is 5.91 Å². The number of hydrogen-bond acceptors (Lipinski definition) is 3. The van der Waals surface area contributed by atoms with Gasteiger partial charge in [-0.15, -0.1) is 0 Å². The van der Waals surface area contributed by atoms with E-state index in [2.05, 4.69) is 22.2 Å². The van der Waals surface area contributed by atoms with Gasteiger partial charge in [0.1, 0.15) is 11.6 Å². The van der Waals surface area contributed by atoms with Crippen LogP contribution in [0.15, 0.2) is 36.7 Å². The van der Waals surface area contributed by atoms with Gasteiger partial charge in [-0.3, -0.25) is 4.79 Å². The van der Waals surface area contributed by atoms with Crippen molar-refractivity contribution in [2.24, 2.45) is 0 Å². The number of nitrogens with one attached hydrogen (secondary N) is 2. The SMILES string of the molecule is CCCCOc1ccc(C(=O)NCCc2ncc[nH]2)cc1. The third kappa shape index (κ3) is 4.95. The van der Waals surface area contributed by atoms with Gasteiger partial charge in [0.15, 0.2) is 0 Å². The maximum atomic E-state index is 12.0. The number of H-pyrrole nitrogens is 1. The molecule has 0 aliphatic rings. The first kappa shape index (κ1) is 15.1. The van der Waals surface area contributed by atoms with Gasteiger partial charge >= 0.3 is 0 Å². The number of imidazole rings is 1. The second-order valence-corrected chi connectivity index (χ2v) is 4.77. The minimum atomic E-state index is -0.0818. The Bertz CT molecular complexity index is 535. The van der Waals surface area contributed by atoms with Crippen LogP contribution in [-0.2, 0) is 6.42 Å². The van der Waals surface area contributed by atoms with E-state index in [1.54, 1.807) is 24.5 Å². The highest BCUT2D eigenvalue weighted by Crippen LogP contribution is 2.12. The predicted molar refractivity (Wildman–Crippen MR) is 81.5 cm³/mol. The minimum Gasteiger partial charge on any atom is -0.494 e. The summed E-state index contributed by atoms with van der Waals surface area (Å²) < 4.78 is 5.57. The highest BCUT2D eigenvalue weighted by atomic mass is 16.5.